The van der Waals surface area contributed by atoms with Crippen molar-refractivity contribution >= 4 is 23.5 Å². The average Bonchev–Trinajstić information content (AvgIpc) is 2.29. The highest BCUT2D eigenvalue weighted by molar-refractivity contribution is 7.99. The number of rotatable bonds is 12. The Balaban J connectivity index is 3.08. The summed E-state index contributed by atoms with van der Waals surface area (Å²) in [5.74, 6) is 3.60. The van der Waals surface area contributed by atoms with Gasteiger partial charge in [-0.25, -0.2) is 0 Å². The van der Waals surface area contributed by atoms with Crippen molar-refractivity contribution in [3.8, 4) is 0 Å². The van der Waals surface area contributed by atoms with Crippen LogP contribution in [0.5, 0.6) is 0 Å². The van der Waals surface area contributed by atoms with E-state index in [9.17, 15) is 5.11 Å². The topological polar surface area (TPSA) is 60.7 Å². The van der Waals surface area contributed by atoms with E-state index in [4.69, 9.17) is 10.2 Å². The second-order valence-electron chi connectivity index (χ2n) is 3.61. The van der Waals surface area contributed by atoms with Gasteiger partial charge in [0.25, 0.3) is 0 Å². The first kappa shape index (κ1) is 16.6. The predicted octanol–water partition coefficient (Wildman–Crippen LogP) is 1.36. The van der Waals surface area contributed by atoms with Crippen LogP contribution >= 0.6 is 23.5 Å². The molecule has 0 aliphatic heterocycles. The maximum Gasteiger partial charge on any atom is 0.0548 e. The summed E-state index contributed by atoms with van der Waals surface area (Å²) in [6, 6.07) is 0. The van der Waals surface area contributed by atoms with Gasteiger partial charge in [-0.1, -0.05) is 6.42 Å². The summed E-state index contributed by atoms with van der Waals surface area (Å²) in [5, 5.41) is 26.8. The fourth-order valence-corrected chi connectivity index (χ4v) is 2.79. The van der Waals surface area contributed by atoms with Gasteiger partial charge in [-0.15, -0.1) is 0 Å². The molecule has 3 nitrogen and oxygen atoms in total. The maximum absolute atomic E-state index is 9.63. The second kappa shape index (κ2) is 13.6. The third-order valence-electron chi connectivity index (χ3n) is 2.14. The number of hydrogen-bond donors (Lipinski definition) is 3. The SMILES string of the molecule is OCCSCCCCC(O)CCSCCO. The maximum atomic E-state index is 9.63. The summed E-state index contributed by atoms with van der Waals surface area (Å²) in [4.78, 5) is 0. The zero-order valence-electron chi connectivity index (χ0n) is 9.81. The first-order valence-electron chi connectivity index (χ1n) is 5.86. The molecule has 98 valence electrons. The van der Waals surface area contributed by atoms with E-state index in [1.165, 1.54) is 0 Å². The molecule has 0 spiro atoms. The minimum atomic E-state index is -0.186. The van der Waals surface area contributed by atoms with Crippen LogP contribution in [0.1, 0.15) is 25.7 Å². The Morgan fingerprint density at radius 2 is 1.38 bits per heavy atom. The molecule has 0 aromatic heterocycles. The molecular formula is C11H24O3S2. The lowest BCUT2D eigenvalue weighted by Gasteiger charge is -2.09. The Bertz CT molecular complexity index is 136. The highest BCUT2D eigenvalue weighted by atomic mass is 32.2. The van der Waals surface area contributed by atoms with Gasteiger partial charge in [-0.3, -0.25) is 0 Å². The van der Waals surface area contributed by atoms with Crippen LogP contribution in [0.25, 0.3) is 0 Å². The van der Waals surface area contributed by atoms with Crippen LogP contribution in [0, 0.1) is 0 Å². The molecular weight excluding hydrogens is 244 g/mol. The van der Waals surface area contributed by atoms with Crippen LogP contribution < -0.4 is 0 Å². The Morgan fingerprint density at radius 3 is 2.00 bits per heavy atom. The Labute approximate surface area is 107 Å². The lowest BCUT2D eigenvalue weighted by molar-refractivity contribution is 0.158. The minimum absolute atomic E-state index is 0.186. The van der Waals surface area contributed by atoms with Crippen molar-refractivity contribution in [1.29, 1.82) is 0 Å². The van der Waals surface area contributed by atoms with E-state index >= 15 is 0 Å². The first-order valence-corrected chi connectivity index (χ1v) is 8.17. The van der Waals surface area contributed by atoms with Gasteiger partial charge >= 0.3 is 0 Å². The van der Waals surface area contributed by atoms with Crippen molar-refractivity contribution in [1.82, 2.24) is 0 Å². The molecule has 0 fully saturated rings. The van der Waals surface area contributed by atoms with Crippen molar-refractivity contribution in [2.45, 2.75) is 31.8 Å². The van der Waals surface area contributed by atoms with Gasteiger partial charge in [0.05, 0.1) is 19.3 Å². The fourth-order valence-electron chi connectivity index (χ4n) is 1.28. The summed E-state index contributed by atoms with van der Waals surface area (Å²) in [6.45, 7) is 0.484. The summed E-state index contributed by atoms with van der Waals surface area (Å²) in [6.07, 6.45) is 3.69. The summed E-state index contributed by atoms with van der Waals surface area (Å²) < 4.78 is 0. The van der Waals surface area contributed by atoms with Crippen molar-refractivity contribution in [3.05, 3.63) is 0 Å². The largest absolute Gasteiger partial charge is 0.396 e. The van der Waals surface area contributed by atoms with Crippen molar-refractivity contribution < 1.29 is 15.3 Å². The lowest BCUT2D eigenvalue weighted by Crippen LogP contribution is -2.08. The Hall–Kier alpha value is 0.580. The molecule has 0 saturated heterocycles. The standard InChI is InChI=1S/C11H24O3S2/c12-5-9-15-7-2-1-3-11(14)4-8-16-10-6-13/h11-14H,1-10H2. The van der Waals surface area contributed by atoms with Crippen LogP contribution in [0.3, 0.4) is 0 Å². The highest BCUT2D eigenvalue weighted by Gasteiger charge is 2.03. The molecule has 1 atom stereocenters. The molecule has 0 aromatic carbocycles. The summed E-state index contributed by atoms with van der Waals surface area (Å²) in [5.41, 5.74) is 0. The van der Waals surface area contributed by atoms with E-state index in [0.717, 1.165) is 48.7 Å². The van der Waals surface area contributed by atoms with E-state index in [-0.39, 0.29) is 19.3 Å². The molecule has 16 heavy (non-hydrogen) atoms. The van der Waals surface area contributed by atoms with E-state index in [1.54, 1.807) is 23.5 Å². The molecule has 0 saturated carbocycles. The van der Waals surface area contributed by atoms with Crippen LogP contribution in [-0.4, -0.2) is 57.6 Å². The molecule has 0 aliphatic carbocycles. The monoisotopic (exact) mass is 268 g/mol. The molecule has 0 radical (unpaired) electrons. The average molecular weight is 268 g/mol. The smallest absolute Gasteiger partial charge is 0.0548 e. The third-order valence-corrected chi connectivity index (χ3v) is 4.19. The molecule has 0 aliphatic rings. The molecule has 0 aromatic rings. The van der Waals surface area contributed by atoms with Gasteiger partial charge in [0, 0.05) is 11.5 Å². The zero-order chi connectivity index (χ0) is 12.1. The zero-order valence-corrected chi connectivity index (χ0v) is 11.4. The van der Waals surface area contributed by atoms with Gasteiger partial charge in [0.2, 0.25) is 0 Å². The Kier molecular flexibility index (Phi) is 14.1. The van der Waals surface area contributed by atoms with Crippen LogP contribution in [0.2, 0.25) is 0 Å². The normalized spacial score (nSPS) is 12.9. The summed E-state index contributed by atoms with van der Waals surface area (Å²) in [7, 11) is 0. The van der Waals surface area contributed by atoms with Gasteiger partial charge in [0.15, 0.2) is 0 Å². The quantitative estimate of drug-likeness (QED) is 0.467. The van der Waals surface area contributed by atoms with E-state index in [2.05, 4.69) is 0 Å². The molecule has 0 bridgehead atoms. The molecule has 0 amide bonds. The third kappa shape index (κ3) is 12.6. The molecule has 1 unspecified atom stereocenters. The van der Waals surface area contributed by atoms with Crippen LogP contribution in [-0.2, 0) is 0 Å². The van der Waals surface area contributed by atoms with Gasteiger partial charge in [-0.05, 0) is 30.8 Å². The summed E-state index contributed by atoms with van der Waals surface area (Å²) >= 11 is 3.46. The number of aliphatic hydroxyl groups is 3. The molecule has 3 N–H and O–H groups in total. The van der Waals surface area contributed by atoms with Crippen LogP contribution in [0.4, 0.5) is 0 Å². The molecule has 0 heterocycles. The van der Waals surface area contributed by atoms with Gasteiger partial charge in [-0.2, -0.15) is 23.5 Å². The second-order valence-corrected chi connectivity index (χ2v) is 6.06. The van der Waals surface area contributed by atoms with E-state index in [1.807, 2.05) is 0 Å². The van der Waals surface area contributed by atoms with Crippen molar-refractivity contribution in [2.75, 3.05) is 36.2 Å². The highest BCUT2D eigenvalue weighted by Crippen LogP contribution is 2.11. The fraction of sp³-hybridized carbons (Fsp3) is 1.00. The van der Waals surface area contributed by atoms with Gasteiger partial charge < -0.3 is 15.3 Å². The van der Waals surface area contributed by atoms with E-state index in [0.29, 0.717) is 0 Å². The van der Waals surface area contributed by atoms with Gasteiger partial charge in [0.1, 0.15) is 0 Å². The van der Waals surface area contributed by atoms with E-state index < -0.39 is 0 Å². The number of aliphatic hydroxyl groups excluding tert-OH is 3. The molecule has 0 rings (SSSR count). The number of unbranched alkanes of at least 4 members (excludes halogenated alkanes) is 1. The predicted molar refractivity (Wildman–Crippen MR) is 73.3 cm³/mol. The lowest BCUT2D eigenvalue weighted by atomic mass is 10.1. The number of thioether (sulfide) groups is 2. The minimum Gasteiger partial charge on any atom is -0.396 e. The van der Waals surface area contributed by atoms with Crippen molar-refractivity contribution in [2.24, 2.45) is 0 Å². The first-order chi connectivity index (χ1) is 7.81. The van der Waals surface area contributed by atoms with Crippen molar-refractivity contribution in [3.63, 3.8) is 0 Å². The Morgan fingerprint density at radius 1 is 0.750 bits per heavy atom. The molecule has 5 heteroatoms. The number of hydrogen-bond acceptors (Lipinski definition) is 5. The van der Waals surface area contributed by atoms with Crippen LogP contribution in [0.15, 0.2) is 0 Å².